The molecule has 15 rings (SSSR count). The zero-order valence-electron chi connectivity index (χ0n) is 81.9. The van der Waals surface area contributed by atoms with Gasteiger partial charge in [0.15, 0.2) is 81.3 Å². The van der Waals surface area contributed by atoms with Crippen LogP contribution >= 0.6 is 30.5 Å². The van der Waals surface area contributed by atoms with Crippen molar-refractivity contribution in [3.05, 3.63) is 142 Å². The number of nitrogens with one attached hydrogen (secondary N) is 6. The maximum Gasteiger partial charge on any atom is 0.327 e. The standard InChI is InChI=1S/C40H39F2N11O11P2S2.C32H52FN9O7P2.C20H17FN4O4/c1-4-40-19-60-66(68,58-15-9-13-44)64-31-29(42)25(61-38(31)53-21-47-30-34(53)49-39(51-37(30)56)50-35(54)22(2)3)18-59-65(67,57-14-8-12-43)63-26(40)16-27(62-40)52-17-24(41)28-32(45-20-46-33(28)52)48-36(55)23-10-6-5-7-11-23;1-19(2)29(43)38-32-37-28-26(30(44)39-32)36-18-40(28)31-27(49-51(46-16-12-14-35)42(22(7)8)23(9)10)25(33)24(48-31)17-47-50(45-15-11-13-34)41(20(3)4)21(5)6;1-2-20(10-26)14(27)8-15(29-20)25-9-13(21)16-17(22-11-23-18(16)25)24-19(28)12-6-4-3-5-7-12/h1,5-7,10-11,17,20-22,25-27,29,31,38H,8-9,14-16,18-19H2,2-3H3,(H,45,46,48,55)(H2,49,50,51,54,56);18-25,27,31H,11-12,15-17H2,1-10H3,(H2,37,38,39,43,44);1,3-7,9,11,14-15,26-27H,8,10H2,(H,22,23,24,28)/t25-,26+,27-,29-,31-,38-,40-,65?,66?;24-,25-,27-,31-,50?,51?;14-,15+,20+/m110/s1. The predicted molar refractivity (Wildman–Crippen MR) is 534 cm³/mol. The number of carbonyl (C=O) groups is 4. The Hall–Kier alpha value is -11.5. The smallest absolute Gasteiger partial charge is 0.327 e. The number of aliphatic hydroxyl groups excluding tert-OH is 2. The normalized spacial score (nSPS) is 24.8. The van der Waals surface area contributed by atoms with E-state index in [9.17, 15) is 59.2 Å². The Kier molecular flexibility index (Phi) is 38.7. The summed E-state index contributed by atoms with van der Waals surface area (Å²) in [5.74, 6) is 0.127. The summed E-state index contributed by atoms with van der Waals surface area (Å²) in [6.07, 6.45) is 1.38. The molecule has 5 aliphatic heterocycles. The van der Waals surface area contributed by atoms with Crippen molar-refractivity contribution in [2.75, 3.05) is 74.1 Å². The van der Waals surface area contributed by atoms with Crippen molar-refractivity contribution < 1.29 is 111 Å². The number of benzene rings is 2. The van der Waals surface area contributed by atoms with Crippen LogP contribution in [0.2, 0.25) is 0 Å². The van der Waals surface area contributed by atoms with E-state index in [2.05, 4.69) is 95.1 Å². The molecule has 0 saturated carbocycles. The third kappa shape index (κ3) is 26.0. The summed E-state index contributed by atoms with van der Waals surface area (Å²) in [5, 5.41) is 67.0. The molecule has 2 bridgehead atoms. The lowest BCUT2D eigenvalue weighted by atomic mass is 9.99. The highest BCUT2D eigenvalue weighted by atomic mass is 32.5. The first kappa shape index (κ1) is 114. The molecule has 56 heteroatoms. The van der Waals surface area contributed by atoms with Crippen LogP contribution in [0.3, 0.4) is 0 Å². The maximum atomic E-state index is 17.0. The first-order chi connectivity index (χ1) is 70.7. The highest BCUT2D eigenvalue weighted by molar-refractivity contribution is 8.07. The van der Waals surface area contributed by atoms with E-state index in [0.717, 1.165) is 25.0 Å². The van der Waals surface area contributed by atoms with Gasteiger partial charge in [-0.2, -0.15) is 31.0 Å². The largest absolute Gasteiger partial charge is 0.392 e. The topological polar surface area (TPSA) is 576 Å². The van der Waals surface area contributed by atoms with Crippen molar-refractivity contribution in [1.82, 2.24) is 77.4 Å². The van der Waals surface area contributed by atoms with Gasteiger partial charge in [-0.25, -0.2) is 56.8 Å². The van der Waals surface area contributed by atoms with Gasteiger partial charge in [0.25, 0.3) is 40.0 Å². The van der Waals surface area contributed by atoms with Crippen LogP contribution in [0.25, 0.3) is 44.4 Å². The van der Waals surface area contributed by atoms with Crippen molar-refractivity contribution >= 4 is 146 Å². The fourth-order valence-electron chi connectivity index (χ4n) is 16.1. The number of halogens is 4. The lowest BCUT2D eigenvalue weighted by Gasteiger charge is -2.37. The number of terminal acetylenes is 2. The first-order valence-electron chi connectivity index (χ1n) is 46.6. The Morgan fingerprint density at radius 3 is 1.51 bits per heavy atom. The van der Waals surface area contributed by atoms with E-state index in [1.54, 1.807) is 88.4 Å². The van der Waals surface area contributed by atoms with Crippen molar-refractivity contribution in [3.63, 3.8) is 0 Å². The molecule has 8 N–H and O–H groups in total. The SMILES string of the molecule is C#C[C@@]12COP(=S)(OCCC#N)O[C@@H]3[C@H](F)[C@@H](COP(=S)(OCCC#N)O[C@H]1C[C@H](n1cc(F)c4c(NC(=O)c5ccccc5)ncnc41)O2)O[C@H]3n1cnc2c(=O)[nH]c(NC(=O)C(C)C)nc21.C#C[C@]1(CO)O[C@@H](n2cc(F)c3c(NC(=O)c4ccccc4)ncnc32)C[C@@H]1O.CC(C)C(=O)Nc1nc2c(ncn2[C@@H]2O[C@H](COP(OCCC#N)N(C(C)C)C(C)C)[C@@H](F)[C@H]2OP(OCCC#N)N(C(C)C)C(C)C)c(=O)[nH]1. The second-order valence-electron chi connectivity index (χ2n) is 35.5. The Bertz CT molecular complexity index is 6900. The number of nitriles is 4. The van der Waals surface area contributed by atoms with Crippen LogP contribution in [0.5, 0.6) is 0 Å². The minimum Gasteiger partial charge on any atom is -0.392 e. The van der Waals surface area contributed by atoms with Gasteiger partial charge in [0.1, 0.15) is 73.4 Å². The van der Waals surface area contributed by atoms with Crippen LogP contribution in [0, 0.1) is 93.5 Å². The number of hydrogen-bond donors (Lipinski definition) is 8. The summed E-state index contributed by atoms with van der Waals surface area (Å²) in [6.45, 7) is 11.5. The molecule has 8 aromatic heterocycles. The molecule has 2 aromatic carbocycles. The summed E-state index contributed by atoms with van der Waals surface area (Å²) in [6, 6.07) is 24.6. The van der Waals surface area contributed by atoms with Gasteiger partial charge < -0.3 is 89.6 Å². The number of carbonyl (C=O) groups excluding carboxylic acids is 4. The fourth-order valence-corrected chi connectivity index (χ4v) is 23.6. The molecule has 0 aliphatic carbocycles. The minimum absolute atomic E-state index is 0.00271. The second-order valence-corrected chi connectivity index (χ2v) is 44.2. The summed E-state index contributed by atoms with van der Waals surface area (Å²) in [5.41, 5.74) is -4.51. The number of alkyl halides is 2. The average molecular weight is 2170 g/mol. The molecular formula is C92H108F4N24O22P4S2. The number of amides is 4. The Morgan fingerprint density at radius 2 is 1.05 bits per heavy atom. The zero-order valence-corrected chi connectivity index (χ0v) is 87.1. The zero-order chi connectivity index (χ0) is 107. The van der Waals surface area contributed by atoms with Crippen molar-refractivity contribution in [2.24, 2.45) is 11.8 Å². The average Bonchev–Trinajstić information content (AvgIpc) is 1.60. The number of aromatic nitrogens is 14. The molecule has 148 heavy (non-hydrogen) atoms. The van der Waals surface area contributed by atoms with E-state index in [1.807, 2.05) is 76.9 Å². The van der Waals surface area contributed by atoms with E-state index >= 15 is 13.2 Å². The number of aliphatic hydroxyl groups is 2. The second kappa shape index (κ2) is 50.4. The summed E-state index contributed by atoms with van der Waals surface area (Å²) >= 11 is 11.8. The number of ether oxygens (including phenoxy) is 4. The van der Waals surface area contributed by atoms with E-state index in [1.165, 1.54) is 30.9 Å². The van der Waals surface area contributed by atoms with Gasteiger partial charge in [-0.15, -0.1) is 12.8 Å². The first-order valence-corrected chi connectivity index (χ1v) is 53.9. The van der Waals surface area contributed by atoms with Crippen LogP contribution in [0.4, 0.5) is 41.1 Å². The van der Waals surface area contributed by atoms with E-state index in [0.29, 0.717) is 5.56 Å². The lowest BCUT2D eigenvalue weighted by Crippen LogP contribution is -2.44. The number of aromatic amines is 2. The number of fused-ring (bicyclic) bond motifs is 7. The van der Waals surface area contributed by atoms with Crippen LogP contribution in [-0.4, -0.2) is 248 Å². The maximum absolute atomic E-state index is 17.0. The molecule has 5 saturated heterocycles. The number of nitrogens with zero attached hydrogens (tertiary/aromatic N) is 18. The van der Waals surface area contributed by atoms with Gasteiger partial charge in [0.05, 0.1) is 126 Å². The van der Waals surface area contributed by atoms with Crippen LogP contribution < -0.4 is 32.4 Å². The van der Waals surface area contributed by atoms with Gasteiger partial charge >= 0.3 is 13.4 Å². The van der Waals surface area contributed by atoms with Crippen LogP contribution in [0.1, 0.15) is 167 Å². The van der Waals surface area contributed by atoms with E-state index in [4.69, 9.17) is 106 Å². The van der Waals surface area contributed by atoms with Gasteiger partial charge in [-0.05, 0) is 103 Å². The van der Waals surface area contributed by atoms with Crippen molar-refractivity contribution in [3.8, 4) is 49.0 Å². The van der Waals surface area contributed by atoms with E-state index < -0.39 is 182 Å². The molecule has 0 radical (unpaired) electrons. The summed E-state index contributed by atoms with van der Waals surface area (Å²) in [4.78, 5) is 115. The van der Waals surface area contributed by atoms with Crippen molar-refractivity contribution in [2.45, 2.75) is 231 Å². The Labute approximate surface area is 858 Å². The highest BCUT2D eigenvalue weighted by Gasteiger charge is 2.58. The summed E-state index contributed by atoms with van der Waals surface area (Å²) < 4.78 is 161. The molecular weight excluding hydrogens is 2060 g/mol. The van der Waals surface area contributed by atoms with E-state index in [-0.39, 0.29) is 181 Å². The van der Waals surface area contributed by atoms with Gasteiger partial charge in [-0.3, -0.25) is 63.0 Å². The number of H-pyrrole nitrogens is 2. The Balaban J connectivity index is 0.000000200. The monoisotopic (exact) mass is 2160 g/mol. The van der Waals surface area contributed by atoms with Crippen LogP contribution in [-0.2, 0) is 97.4 Å². The molecule has 4 unspecified atom stereocenters. The molecule has 46 nitrogen and oxygen atoms in total. The van der Waals surface area contributed by atoms with Gasteiger partial charge in [-0.1, -0.05) is 75.9 Å². The van der Waals surface area contributed by atoms with Gasteiger partial charge in [0.2, 0.25) is 23.7 Å². The highest BCUT2D eigenvalue weighted by Crippen LogP contribution is 2.61. The number of hydrogen-bond acceptors (Lipinski definition) is 38. The lowest BCUT2D eigenvalue weighted by molar-refractivity contribution is -0.119. The Morgan fingerprint density at radius 1 is 0.588 bits per heavy atom. The third-order valence-corrected chi connectivity index (χ3v) is 32.1. The third-order valence-electron chi connectivity index (χ3n) is 23.2. The number of rotatable bonds is 36. The molecule has 4 amide bonds. The molecule has 788 valence electrons. The quantitative estimate of drug-likeness (QED) is 0.00782. The van der Waals surface area contributed by atoms with Crippen molar-refractivity contribution in [1.29, 1.82) is 21.0 Å². The number of imidazole rings is 2. The molecule has 10 aromatic rings. The molecule has 13 heterocycles. The predicted octanol–water partition coefficient (Wildman–Crippen LogP) is 12.6. The minimum atomic E-state index is -4.27. The van der Waals surface area contributed by atoms with Gasteiger partial charge in [0, 0.05) is 72.4 Å². The molecule has 0 spiro atoms. The fraction of sp³-hybridized carbons (Fsp3) is 0.500. The molecule has 5 aliphatic rings. The summed E-state index contributed by atoms with van der Waals surface area (Å²) in [7, 11) is -3.64. The molecule has 18 atom stereocenters. The number of anilines is 4. The van der Waals surface area contributed by atoms with Crippen LogP contribution in [0.15, 0.2) is 108 Å². The molecule has 5 fully saturated rings.